The first kappa shape index (κ1) is 20.1. The summed E-state index contributed by atoms with van der Waals surface area (Å²) in [7, 11) is 0. The van der Waals surface area contributed by atoms with Crippen molar-refractivity contribution in [2.24, 2.45) is 0 Å². The van der Waals surface area contributed by atoms with Gasteiger partial charge >= 0.3 is 0 Å². The van der Waals surface area contributed by atoms with Crippen LogP contribution in [0.3, 0.4) is 0 Å². The maximum atomic E-state index is 6.28. The summed E-state index contributed by atoms with van der Waals surface area (Å²) in [6.07, 6.45) is -1.66. The second kappa shape index (κ2) is 7.55. The molecule has 1 aromatic carbocycles. The Balaban J connectivity index is 1.45. The van der Waals surface area contributed by atoms with E-state index in [0.717, 1.165) is 11.3 Å². The van der Waals surface area contributed by atoms with Crippen LogP contribution in [0.15, 0.2) is 24.3 Å². The van der Waals surface area contributed by atoms with Crippen molar-refractivity contribution in [3.63, 3.8) is 0 Å². The van der Waals surface area contributed by atoms with Gasteiger partial charge in [0, 0.05) is 0 Å². The molecule has 3 saturated heterocycles. The van der Waals surface area contributed by atoms with E-state index in [9.17, 15) is 0 Å². The maximum absolute atomic E-state index is 6.28. The smallest absolute Gasteiger partial charge is 0.190 e. The molecule has 7 heteroatoms. The molecule has 4 rings (SSSR count). The molecule has 0 amide bonds. The van der Waals surface area contributed by atoms with Gasteiger partial charge in [-0.3, -0.25) is 0 Å². The Morgan fingerprint density at radius 2 is 1.71 bits per heavy atom. The summed E-state index contributed by atoms with van der Waals surface area (Å²) < 4.78 is 41.7. The standard InChI is InChI=1S/C21H30O7/c1-6-22-14-9-7-13(8-10-14)11-23-17-16(15-12-24-20(2,3)26-15)25-19-18(17)27-21(4,5)28-19/h7-10,15-19H,6,11-12H2,1-5H3/t15-,16-,17-,18-,19+/m1/s1. The molecule has 0 unspecified atom stereocenters. The molecule has 3 fully saturated rings. The largest absolute Gasteiger partial charge is 0.494 e. The Morgan fingerprint density at radius 1 is 0.964 bits per heavy atom. The van der Waals surface area contributed by atoms with Crippen LogP contribution >= 0.6 is 0 Å². The second-order valence-corrected chi connectivity index (χ2v) is 8.29. The van der Waals surface area contributed by atoms with Gasteiger partial charge in [-0.1, -0.05) is 12.1 Å². The van der Waals surface area contributed by atoms with Crippen molar-refractivity contribution in [3.05, 3.63) is 29.8 Å². The topological polar surface area (TPSA) is 64.6 Å². The molecule has 0 radical (unpaired) electrons. The van der Waals surface area contributed by atoms with E-state index >= 15 is 0 Å². The van der Waals surface area contributed by atoms with E-state index in [1.54, 1.807) is 0 Å². The Bertz CT molecular complexity index is 672. The molecule has 0 saturated carbocycles. The van der Waals surface area contributed by atoms with E-state index in [1.165, 1.54) is 0 Å². The summed E-state index contributed by atoms with van der Waals surface area (Å²) in [4.78, 5) is 0. The zero-order chi connectivity index (χ0) is 19.9. The SMILES string of the molecule is CCOc1ccc(CO[C@H]2[C@H]3OC(C)(C)O[C@@H]3O[C@@H]2[C@H]2COC(C)(C)O2)cc1. The molecular weight excluding hydrogens is 364 g/mol. The van der Waals surface area contributed by atoms with Gasteiger partial charge in [-0.15, -0.1) is 0 Å². The minimum absolute atomic E-state index is 0.235. The minimum atomic E-state index is -0.701. The highest BCUT2D eigenvalue weighted by Gasteiger charge is 2.58. The van der Waals surface area contributed by atoms with Gasteiger partial charge in [0.05, 0.1) is 19.8 Å². The molecule has 0 N–H and O–H groups in total. The van der Waals surface area contributed by atoms with E-state index in [4.69, 9.17) is 33.2 Å². The fourth-order valence-electron chi connectivity index (χ4n) is 3.91. The average molecular weight is 394 g/mol. The fraction of sp³-hybridized carbons (Fsp3) is 0.714. The summed E-state index contributed by atoms with van der Waals surface area (Å²) in [6, 6.07) is 7.90. The van der Waals surface area contributed by atoms with E-state index in [-0.39, 0.29) is 24.4 Å². The summed E-state index contributed by atoms with van der Waals surface area (Å²) in [5.41, 5.74) is 1.05. The van der Waals surface area contributed by atoms with Crippen LogP contribution < -0.4 is 4.74 Å². The summed E-state index contributed by atoms with van der Waals surface area (Å²) in [5, 5.41) is 0. The van der Waals surface area contributed by atoms with Gasteiger partial charge in [-0.25, -0.2) is 0 Å². The fourth-order valence-corrected chi connectivity index (χ4v) is 3.91. The van der Waals surface area contributed by atoms with Crippen LogP contribution in [0.4, 0.5) is 0 Å². The summed E-state index contributed by atoms with van der Waals surface area (Å²) in [5.74, 6) is -0.485. The number of rotatable bonds is 6. The molecule has 0 aromatic heterocycles. The van der Waals surface area contributed by atoms with Crippen LogP contribution in [-0.4, -0.2) is 55.5 Å². The van der Waals surface area contributed by atoms with Crippen molar-refractivity contribution in [2.45, 2.75) is 83.5 Å². The zero-order valence-electron chi connectivity index (χ0n) is 17.2. The first-order valence-electron chi connectivity index (χ1n) is 9.92. The predicted molar refractivity (Wildman–Crippen MR) is 99.8 cm³/mol. The lowest BCUT2D eigenvalue weighted by molar-refractivity contribution is -0.236. The highest BCUT2D eigenvalue weighted by atomic mass is 16.8. The summed E-state index contributed by atoms with van der Waals surface area (Å²) >= 11 is 0. The normalized spacial score (nSPS) is 35.8. The lowest BCUT2D eigenvalue weighted by atomic mass is 10.1. The van der Waals surface area contributed by atoms with Crippen LogP contribution in [0.1, 0.15) is 40.2 Å². The molecule has 156 valence electrons. The van der Waals surface area contributed by atoms with E-state index in [1.807, 2.05) is 58.9 Å². The third kappa shape index (κ3) is 4.20. The average Bonchev–Trinajstić information content (AvgIpc) is 3.23. The number of benzene rings is 1. The van der Waals surface area contributed by atoms with Gasteiger partial charge in [-0.2, -0.15) is 0 Å². The predicted octanol–water partition coefficient (Wildman–Crippen LogP) is 3.00. The lowest BCUT2D eigenvalue weighted by Gasteiger charge is -2.29. The van der Waals surface area contributed by atoms with E-state index in [2.05, 4.69) is 0 Å². The van der Waals surface area contributed by atoms with Crippen LogP contribution in [0.5, 0.6) is 5.75 Å². The van der Waals surface area contributed by atoms with Crippen LogP contribution in [-0.2, 0) is 35.0 Å². The lowest BCUT2D eigenvalue weighted by Crippen LogP contribution is -2.44. The zero-order valence-corrected chi connectivity index (χ0v) is 17.2. The van der Waals surface area contributed by atoms with Crippen LogP contribution in [0.25, 0.3) is 0 Å². The molecule has 3 aliphatic rings. The number of hydrogen-bond donors (Lipinski definition) is 0. The Kier molecular flexibility index (Phi) is 5.41. The minimum Gasteiger partial charge on any atom is -0.494 e. The van der Waals surface area contributed by atoms with Gasteiger partial charge in [0.2, 0.25) is 0 Å². The van der Waals surface area contributed by atoms with Gasteiger partial charge < -0.3 is 33.2 Å². The van der Waals surface area contributed by atoms with Crippen LogP contribution in [0.2, 0.25) is 0 Å². The monoisotopic (exact) mass is 394 g/mol. The van der Waals surface area contributed by atoms with Gasteiger partial charge in [-0.05, 0) is 52.3 Å². The Morgan fingerprint density at radius 3 is 2.36 bits per heavy atom. The molecule has 7 nitrogen and oxygen atoms in total. The van der Waals surface area contributed by atoms with Crippen molar-refractivity contribution >= 4 is 0 Å². The highest BCUT2D eigenvalue weighted by Crippen LogP contribution is 2.42. The second-order valence-electron chi connectivity index (χ2n) is 8.29. The Hall–Kier alpha value is -1.22. The Labute approximate surface area is 166 Å². The van der Waals surface area contributed by atoms with Gasteiger partial charge in [0.25, 0.3) is 0 Å². The molecular formula is C21H30O7. The molecule has 1 aromatic rings. The first-order valence-corrected chi connectivity index (χ1v) is 9.92. The number of hydrogen-bond acceptors (Lipinski definition) is 7. The highest BCUT2D eigenvalue weighted by molar-refractivity contribution is 5.26. The van der Waals surface area contributed by atoms with Crippen molar-refractivity contribution in [1.82, 2.24) is 0 Å². The number of ether oxygens (including phenoxy) is 7. The third-order valence-corrected chi connectivity index (χ3v) is 5.10. The van der Waals surface area contributed by atoms with Crippen molar-refractivity contribution < 1.29 is 33.2 Å². The molecule has 3 aliphatic heterocycles. The molecule has 0 bridgehead atoms. The molecule has 3 heterocycles. The number of fused-ring (bicyclic) bond motifs is 1. The molecule has 5 atom stereocenters. The molecule has 0 spiro atoms. The maximum Gasteiger partial charge on any atom is 0.190 e. The molecule has 28 heavy (non-hydrogen) atoms. The van der Waals surface area contributed by atoms with Crippen LogP contribution in [0, 0.1) is 0 Å². The van der Waals surface area contributed by atoms with Crippen molar-refractivity contribution in [1.29, 1.82) is 0 Å². The third-order valence-electron chi connectivity index (χ3n) is 5.10. The van der Waals surface area contributed by atoms with Gasteiger partial charge in [0.1, 0.15) is 30.2 Å². The van der Waals surface area contributed by atoms with Crippen molar-refractivity contribution in [2.75, 3.05) is 13.2 Å². The summed E-state index contributed by atoms with van der Waals surface area (Å²) in [6.45, 7) is 11.0. The quantitative estimate of drug-likeness (QED) is 0.735. The first-order chi connectivity index (χ1) is 13.3. The van der Waals surface area contributed by atoms with E-state index < -0.39 is 17.9 Å². The molecule has 0 aliphatic carbocycles. The van der Waals surface area contributed by atoms with Gasteiger partial charge in [0.15, 0.2) is 17.9 Å². The van der Waals surface area contributed by atoms with Crippen molar-refractivity contribution in [3.8, 4) is 5.75 Å². The van der Waals surface area contributed by atoms with E-state index in [0.29, 0.717) is 19.8 Å².